The second-order valence-corrected chi connectivity index (χ2v) is 5.40. The Morgan fingerprint density at radius 3 is 2.78 bits per heavy atom. The zero-order valence-electron chi connectivity index (χ0n) is 12.2. The number of nitrogens with zero attached hydrogens (tertiary/aromatic N) is 1. The zero-order chi connectivity index (χ0) is 16.1. The predicted molar refractivity (Wildman–Crippen MR) is 85.7 cm³/mol. The molecule has 4 rings (SSSR count). The largest absolute Gasteiger partial charge is 0.478 e. The van der Waals surface area contributed by atoms with Crippen molar-refractivity contribution in [3.63, 3.8) is 0 Å². The van der Waals surface area contributed by atoms with Crippen molar-refractivity contribution < 1.29 is 14.3 Å². The summed E-state index contributed by atoms with van der Waals surface area (Å²) in [5.74, 6) is -1.36. The second kappa shape index (κ2) is 4.61. The zero-order valence-corrected chi connectivity index (χ0v) is 12.2. The molecule has 2 N–H and O–H groups in total. The number of aryl methyl sites for hydroxylation is 1. The highest BCUT2D eigenvalue weighted by atomic mass is 16.4. The number of H-pyrrole nitrogens is 1. The molecule has 6 heteroatoms. The van der Waals surface area contributed by atoms with E-state index in [1.165, 1.54) is 4.57 Å². The highest BCUT2D eigenvalue weighted by molar-refractivity contribution is 5.95. The van der Waals surface area contributed by atoms with E-state index in [9.17, 15) is 9.59 Å². The van der Waals surface area contributed by atoms with Crippen molar-refractivity contribution in [1.82, 2.24) is 9.55 Å². The summed E-state index contributed by atoms with van der Waals surface area (Å²) in [4.78, 5) is 25.9. The molecule has 0 aliphatic rings. The van der Waals surface area contributed by atoms with Gasteiger partial charge in [0.2, 0.25) is 0 Å². The van der Waals surface area contributed by atoms with Gasteiger partial charge in [0.25, 0.3) is 0 Å². The Kier molecular flexibility index (Phi) is 2.68. The van der Waals surface area contributed by atoms with Crippen LogP contribution in [0.5, 0.6) is 0 Å². The molecule has 2 aromatic heterocycles. The third kappa shape index (κ3) is 2.03. The molecule has 0 saturated heterocycles. The van der Waals surface area contributed by atoms with E-state index < -0.39 is 11.7 Å². The van der Waals surface area contributed by atoms with Crippen molar-refractivity contribution >= 4 is 28.0 Å². The maximum Gasteiger partial charge on any atom is 0.419 e. The van der Waals surface area contributed by atoms with Gasteiger partial charge in [0, 0.05) is 29.2 Å². The molecule has 0 spiro atoms. The molecule has 2 heterocycles. The number of oxazole rings is 1. The number of nitrogens with one attached hydrogen (secondary N) is 1. The maximum absolute atomic E-state index is 11.6. The number of carboxylic acids is 1. The second-order valence-electron chi connectivity index (χ2n) is 5.40. The molecule has 0 unspecified atom stereocenters. The molecule has 0 radical (unpaired) electrons. The van der Waals surface area contributed by atoms with Crippen molar-refractivity contribution in [3.05, 3.63) is 58.6 Å². The minimum Gasteiger partial charge on any atom is -0.478 e. The van der Waals surface area contributed by atoms with Gasteiger partial charge >= 0.3 is 11.7 Å². The lowest BCUT2D eigenvalue weighted by Crippen LogP contribution is -2.08. The van der Waals surface area contributed by atoms with Gasteiger partial charge in [0.1, 0.15) is 0 Å². The van der Waals surface area contributed by atoms with E-state index in [4.69, 9.17) is 9.52 Å². The average Bonchev–Trinajstić information content (AvgIpc) is 3.08. The number of rotatable bonds is 2. The molecule has 0 amide bonds. The lowest BCUT2D eigenvalue weighted by Gasteiger charge is -1.98. The number of carboxylic acid groups (broad SMARTS) is 1. The first kappa shape index (κ1) is 13.4. The molecule has 0 bridgehead atoms. The highest BCUT2D eigenvalue weighted by Crippen LogP contribution is 2.27. The predicted octanol–water partition coefficient (Wildman–Crippen LogP) is 2.98. The fourth-order valence-corrected chi connectivity index (χ4v) is 2.72. The Balaban J connectivity index is 1.89. The number of aromatic carboxylic acids is 1. The topological polar surface area (TPSA) is 88.2 Å². The molecule has 4 aromatic rings. The van der Waals surface area contributed by atoms with Gasteiger partial charge in [-0.25, -0.2) is 9.59 Å². The van der Waals surface area contributed by atoms with Crippen LogP contribution in [0, 0.1) is 0 Å². The van der Waals surface area contributed by atoms with Gasteiger partial charge in [0.05, 0.1) is 11.1 Å². The summed E-state index contributed by atoms with van der Waals surface area (Å²) >= 11 is 0. The quantitative estimate of drug-likeness (QED) is 0.596. The molecular formula is C17H12N2O4. The number of benzene rings is 2. The lowest BCUT2D eigenvalue weighted by molar-refractivity contribution is 0.0697. The Morgan fingerprint density at radius 1 is 1.17 bits per heavy atom. The summed E-state index contributed by atoms with van der Waals surface area (Å²) in [5.41, 5.74) is 4.07. The average molecular weight is 308 g/mol. The fraction of sp³-hybridized carbons (Fsp3) is 0.0588. The maximum atomic E-state index is 11.6. The van der Waals surface area contributed by atoms with Gasteiger partial charge in [-0.15, -0.1) is 0 Å². The summed E-state index contributed by atoms with van der Waals surface area (Å²) in [5, 5.41) is 9.89. The summed E-state index contributed by atoms with van der Waals surface area (Å²) in [6.07, 6.45) is 0. The van der Waals surface area contributed by atoms with Crippen molar-refractivity contribution in [2.45, 2.75) is 0 Å². The van der Waals surface area contributed by atoms with Gasteiger partial charge in [-0.05, 0) is 42.5 Å². The van der Waals surface area contributed by atoms with Crippen LogP contribution in [-0.4, -0.2) is 20.6 Å². The Bertz CT molecular complexity index is 1130. The van der Waals surface area contributed by atoms with E-state index in [0.29, 0.717) is 11.1 Å². The van der Waals surface area contributed by atoms with Crippen LogP contribution in [0.15, 0.2) is 51.7 Å². The minimum atomic E-state index is -0.954. The molecule has 114 valence electrons. The molecule has 0 saturated carbocycles. The van der Waals surface area contributed by atoms with E-state index in [0.717, 1.165) is 22.2 Å². The standard InChI is InChI=1S/C17H12N2O4/c1-19-14-8-9(3-5-15(14)23-17(19)22)13-7-11-6-10(16(20)21)2-4-12(11)18-13/h2-8,18H,1H3,(H,20,21). The Morgan fingerprint density at radius 2 is 2.00 bits per heavy atom. The van der Waals surface area contributed by atoms with E-state index in [2.05, 4.69) is 4.98 Å². The third-order valence-electron chi connectivity index (χ3n) is 3.97. The summed E-state index contributed by atoms with van der Waals surface area (Å²) in [7, 11) is 1.66. The van der Waals surface area contributed by atoms with Gasteiger partial charge in [-0.3, -0.25) is 4.57 Å². The molecule has 6 nitrogen and oxygen atoms in total. The first-order valence-electron chi connectivity index (χ1n) is 6.99. The van der Waals surface area contributed by atoms with Crippen LogP contribution < -0.4 is 5.76 Å². The van der Waals surface area contributed by atoms with Gasteiger partial charge in [-0.2, -0.15) is 0 Å². The minimum absolute atomic E-state index is 0.246. The number of aromatic nitrogens is 2. The Labute approximate surface area is 129 Å². The van der Waals surface area contributed by atoms with E-state index in [1.807, 2.05) is 18.2 Å². The number of hydrogen-bond acceptors (Lipinski definition) is 3. The van der Waals surface area contributed by atoms with Crippen LogP contribution in [0.4, 0.5) is 0 Å². The summed E-state index contributed by atoms with van der Waals surface area (Å²) < 4.78 is 6.57. The third-order valence-corrected chi connectivity index (χ3v) is 3.97. The summed E-state index contributed by atoms with van der Waals surface area (Å²) in [6, 6.07) is 12.3. The number of carbonyl (C=O) groups is 1. The van der Waals surface area contributed by atoms with Gasteiger partial charge in [-0.1, -0.05) is 0 Å². The molecule has 0 aliphatic heterocycles. The van der Waals surface area contributed by atoms with E-state index in [1.54, 1.807) is 31.3 Å². The van der Waals surface area contributed by atoms with Crippen molar-refractivity contribution in [2.24, 2.45) is 7.05 Å². The SMILES string of the molecule is Cn1c(=O)oc2ccc(-c3cc4cc(C(=O)O)ccc4[nH]3)cc21. The molecule has 2 aromatic carbocycles. The fourth-order valence-electron chi connectivity index (χ4n) is 2.72. The van der Waals surface area contributed by atoms with Crippen molar-refractivity contribution in [1.29, 1.82) is 0 Å². The van der Waals surface area contributed by atoms with Crippen LogP contribution in [0.1, 0.15) is 10.4 Å². The van der Waals surface area contributed by atoms with Gasteiger partial charge < -0.3 is 14.5 Å². The number of aromatic amines is 1. The van der Waals surface area contributed by atoms with Crippen LogP contribution in [0.3, 0.4) is 0 Å². The molecule has 23 heavy (non-hydrogen) atoms. The molecule has 0 atom stereocenters. The van der Waals surface area contributed by atoms with E-state index in [-0.39, 0.29) is 5.56 Å². The van der Waals surface area contributed by atoms with Crippen LogP contribution in [-0.2, 0) is 7.05 Å². The first-order chi connectivity index (χ1) is 11.0. The van der Waals surface area contributed by atoms with Crippen molar-refractivity contribution in [2.75, 3.05) is 0 Å². The molecule has 0 fully saturated rings. The van der Waals surface area contributed by atoms with Crippen LogP contribution >= 0.6 is 0 Å². The summed E-state index contributed by atoms with van der Waals surface area (Å²) in [6.45, 7) is 0. The van der Waals surface area contributed by atoms with Crippen LogP contribution in [0.25, 0.3) is 33.3 Å². The van der Waals surface area contributed by atoms with Crippen molar-refractivity contribution in [3.8, 4) is 11.3 Å². The molecular weight excluding hydrogens is 296 g/mol. The monoisotopic (exact) mass is 308 g/mol. The number of fused-ring (bicyclic) bond motifs is 2. The van der Waals surface area contributed by atoms with Gasteiger partial charge in [0.15, 0.2) is 5.58 Å². The van der Waals surface area contributed by atoms with Crippen LogP contribution in [0.2, 0.25) is 0 Å². The first-order valence-corrected chi connectivity index (χ1v) is 6.99. The lowest BCUT2D eigenvalue weighted by atomic mass is 10.1. The normalized spacial score (nSPS) is 11.3. The van der Waals surface area contributed by atoms with E-state index >= 15 is 0 Å². The smallest absolute Gasteiger partial charge is 0.419 e. The number of hydrogen-bond donors (Lipinski definition) is 2. The highest BCUT2D eigenvalue weighted by Gasteiger charge is 2.10. The Hall–Kier alpha value is -3.28. The molecule has 0 aliphatic carbocycles.